The van der Waals surface area contributed by atoms with Crippen molar-refractivity contribution in [3.63, 3.8) is 0 Å². The van der Waals surface area contributed by atoms with Crippen molar-refractivity contribution < 1.29 is 9.69 Å². The molecule has 0 aromatic carbocycles. The number of carbonyl (C=O) groups excluding carboxylic acids is 1. The van der Waals surface area contributed by atoms with Crippen molar-refractivity contribution >= 4 is 5.78 Å². The van der Waals surface area contributed by atoms with E-state index in [1.54, 1.807) is 0 Å². The van der Waals surface area contributed by atoms with E-state index < -0.39 is 0 Å². The highest BCUT2D eigenvalue weighted by atomic mass is 16.1. The SMILES string of the molecule is C=C(C[NH+]1CCC(N(C)C)CC1)C(=O)C(C)C. The molecule has 3 nitrogen and oxygen atoms in total. The van der Waals surface area contributed by atoms with Gasteiger partial charge >= 0.3 is 0 Å². The number of quaternary nitrogens is 1. The molecule has 17 heavy (non-hydrogen) atoms. The van der Waals surface area contributed by atoms with Gasteiger partial charge in [0.1, 0.15) is 6.54 Å². The average Bonchev–Trinajstić information content (AvgIpc) is 2.28. The molecule has 0 radical (unpaired) electrons. The molecule has 1 aliphatic rings. The van der Waals surface area contributed by atoms with E-state index in [1.165, 1.54) is 17.7 Å². The van der Waals surface area contributed by atoms with Crippen LogP contribution in [-0.4, -0.2) is 50.5 Å². The second kappa shape index (κ2) is 6.31. The van der Waals surface area contributed by atoms with Crippen LogP contribution >= 0.6 is 0 Å². The lowest BCUT2D eigenvalue weighted by Crippen LogP contribution is -3.13. The van der Waals surface area contributed by atoms with E-state index in [-0.39, 0.29) is 11.7 Å². The Kier molecular flexibility index (Phi) is 5.34. The van der Waals surface area contributed by atoms with Crippen molar-refractivity contribution in [1.29, 1.82) is 0 Å². The summed E-state index contributed by atoms with van der Waals surface area (Å²) < 4.78 is 0. The second-order valence-corrected chi connectivity index (χ2v) is 5.74. The van der Waals surface area contributed by atoms with E-state index >= 15 is 0 Å². The van der Waals surface area contributed by atoms with Gasteiger partial charge in [-0.15, -0.1) is 0 Å². The van der Waals surface area contributed by atoms with Gasteiger partial charge in [-0.2, -0.15) is 0 Å². The van der Waals surface area contributed by atoms with Crippen LogP contribution in [0.5, 0.6) is 0 Å². The molecule has 0 unspecified atom stereocenters. The van der Waals surface area contributed by atoms with E-state index in [9.17, 15) is 4.79 Å². The van der Waals surface area contributed by atoms with Crippen molar-refractivity contribution in [3.05, 3.63) is 12.2 Å². The summed E-state index contributed by atoms with van der Waals surface area (Å²) in [6.45, 7) is 11.0. The normalized spacial score (nSPS) is 25.3. The Hall–Kier alpha value is -0.670. The highest BCUT2D eigenvalue weighted by molar-refractivity contribution is 5.96. The van der Waals surface area contributed by atoms with Crippen molar-refractivity contribution in [1.82, 2.24) is 4.90 Å². The Morgan fingerprint density at radius 1 is 1.35 bits per heavy atom. The summed E-state index contributed by atoms with van der Waals surface area (Å²) in [6, 6.07) is 0.716. The molecule has 0 saturated carbocycles. The van der Waals surface area contributed by atoms with Crippen LogP contribution in [0.1, 0.15) is 26.7 Å². The number of nitrogens with one attached hydrogen (secondary N) is 1. The van der Waals surface area contributed by atoms with Crippen LogP contribution in [0.25, 0.3) is 0 Å². The minimum absolute atomic E-state index is 0.0845. The highest BCUT2D eigenvalue weighted by Crippen LogP contribution is 2.06. The number of likely N-dealkylation sites (tertiary alicyclic amines) is 1. The van der Waals surface area contributed by atoms with E-state index in [0.717, 1.165) is 25.2 Å². The molecule has 0 amide bonds. The minimum Gasteiger partial charge on any atom is -0.331 e. The summed E-state index contributed by atoms with van der Waals surface area (Å²) in [5, 5.41) is 0. The molecule has 0 spiro atoms. The summed E-state index contributed by atoms with van der Waals surface area (Å²) >= 11 is 0. The highest BCUT2D eigenvalue weighted by Gasteiger charge is 2.25. The molecule has 3 heteroatoms. The van der Waals surface area contributed by atoms with E-state index in [0.29, 0.717) is 6.04 Å². The van der Waals surface area contributed by atoms with Gasteiger partial charge < -0.3 is 9.80 Å². The number of hydrogen-bond acceptors (Lipinski definition) is 2. The van der Waals surface area contributed by atoms with Crippen LogP contribution in [-0.2, 0) is 4.79 Å². The lowest BCUT2D eigenvalue weighted by atomic mass is 10.00. The number of carbonyl (C=O) groups is 1. The van der Waals surface area contributed by atoms with Gasteiger partial charge in [0.05, 0.1) is 13.1 Å². The smallest absolute Gasteiger partial charge is 0.166 e. The third kappa shape index (κ3) is 4.25. The van der Waals surface area contributed by atoms with Crippen LogP contribution < -0.4 is 4.90 Å². The number of rotatable bonds is 5. The molecular formula is C14H27N2O+. The maximum absolute atomic E-state index is 11.8. The fraction of sp³-hybridized carbons (Fsp3) is 0.786. The molecule has 1 fully saturated rings. The number of ketones is 1. The van der Waals surface area contributed by atoms with Gasteiger partial charge in [0.15, 0.2) is 5.78 Å². The van der Waals surface area contributed by atoms with Gasteiger partial charge in [0, 0.05) is 30.4 Å². The Morgan fingerprint density at radius 2 is 1.88 bits per heavy atom. The predicted octanol–water partition coefficient (Wildman–Crippen LogP) is 0.377. The molecule has 1 aliphatic heterocycles. The first-order valence-corrected chi connectivity index (χ1v) is 6.63. The molecular weight excluding hydrogens is 212 g/mol. The number of hydrogen-bond donors (Lipinski definition) is 1. The van der Waals surface area contributed by atoms with Gasteiger partial charge in [-0.05, 0) is 14.1 Å². The summed E-state index contributed by atoms with van der Waals surface area (Å²) in [5.74, 6) is 0.313. The van der Waals surface area contributed by atoms with Crippen LogP contribution in [0.2, 0.25) is 0 Å². The first kappa shape index (κ1) is 14.4. The third-order valence-electron chi connectivity index (χ3n) is 3.73. The fourth-order valence-electron chi connectivity index (χ4n) is 2.50. The molecule has 1 N–H and O–H groups in total. The average molecular weight is 239 g/mol. The van der Waals surface area contributed by atoms with Crippen molar-refractivity contribution in [2.75, 3.05) is 33.7 Å². The zero-order chi connectivity index (χ0) is 13.0. The number of nitrogens with zero attached hydrogens (tertiary/aromatic N) is 1. The second-order valence-electron chi connectivity index (χ2n) is 5.74. The molecule has 0 aliphatic carbocycles. The lowest BCUT2D eigenvalue weighted by molar-refractivity contribution is -0.900. The Bertz CT molecular complexity index is 276. The summed E-state index contributed by atoms with van der Waals surface area (Å²) in [7, 11) is 4.30. The van der Waals surface area contributed by atoms with Crippen LogP contribution in [0.4, 0.5) is 0 Å². The molecule has 0 aromatic rings. The Morgan fingerprint density at radius 3 is 2.29 bits per heavy atom. The molecule has 1 saturated heterocycles. The maximum Gasteiger partial charge on any atom is 0.166 e. The molecule has 0 aromatic heterocycles. The van der Waals surface area contributed by atoms with E-state index in [2.05, 4.69) is 25.6 Å². The molecule has 1 rings (SSSR count). The van der Waals surface area contributed by atoms with Crippen molar-refractivity contribution in [2.45, 2.75) is 32.7 Å². The summed E-state index contributed by atoms with van der Waals surface area (Å²) in [4.78, 5) is 15.6. The number of Topliss-reactive ketones (excluding diaryl/α,β-unsaturated/α-hetero) is 1. The predicted molar refractivity (Wildman–Crippen MR) is 71.3 cm³/mol. The van der Waals surface area contributed by atoms with Gasteiger partial charge in [-0.3, -0.25) is 4.79 Å². The quantitative estimate of drug-likeness (QED) is 0.702. The summed E-state index contributed by atoms with van der Waals surface area (Å²) in [5.41, 5.74) is 0.804. The van der Waals surface area contributed by atoms with Crippen LogP contribution in [0.15, 0.2) is 12.2 Å². The van der Waals surface area contributed by atoms with Crippen LogP contribution in [0, 0.1) is 5.92 Å². The standard InChI is InChI=1S/C14H26N2O/c1-11(2)14(17)12(3)10-16-8-6-13(7-9-16)15(4)5/h11,13H,3,6-10H2,1-2,4-5H3/p+1. The largest absolute Gasteiger partial charge is 0.331 e. The summed E-state index contributed by atoms with van der Waals surface area (Å²) in [6.07, 6.45) is 2.46. The molecule has 0 atom stereocenters. The van der Waals surface area contributed by atoms with Crippen molar-refractivity contribution in [3.8, 4) is 0 Å². The maximum atomic E-state index is 11.8. The molecule has 0 bridgehead atoms. The van der Waals surface area contributed by atoms with Gasteiger partial charge in [-0.1, -0.05) is 20.4 Å². The third-order valence-corrected chi connectivity index (χ3v) is 3.73. The van der Waals surface area contributed by atoms with E-state index in [1.807, 2.05) is 13.8 Å². The monoisotopic (exact) mass is 239 g/mol. The first-order valence-electron chi connectivity index (χ1n) is 6.63. The number of piperidine rings is 1. The topological polar surface area (TPSA) is 24.8 Å². The van der Waals surface area contributed by atoms with Gasteiger partial charge in [-0.25, -0.2) is 0 Å². The van der Waals surface area contributed by atoms with Gasteiger partial charge in [0.2, 0.25) is 0 Å². The van der Waals surface area contributed by atoms with Crippen LogP contribution in [0.3, 0.4) is 0 Å². The first-order chi connectivity index (χ1) is 7.91. The van der Waals surface area contributed by atoms with E-state index in [4.69, 9.17) is 0 Å². The van der Waals surface area contributed by atoms with Gasteiger partial charge in [0.25, 0.3) is 0 Å². The fourth-order valence-corrected chi connectivity index (χ4v) is 2.50. The zero-order valence-electron chi connectivity index (χ0n) is 11.8. The minimum atomic E-state index is 0.0845. The Balaban J connectivity index is 2.36. The van der Waals surface area contributed by atoms with Crippen molar-refractivity contribution in [2.24, 2.45) is 5.92 Å². The zero-order valence-corrected chi connectivity index (χ0v) is 11.8. The molecule has 1 heterocycles. The lowest BCUT2D eigenvalue weighted by Gasteiger charge is -2.33. The Labute approximate surface area is 105 Å². The molecule has 98 valence electrons.